The lowest BCUT2D eigenvalue weighted by Crippen LogP contribution is -2.02. The summed E-state index contributed by atoms with van der Waals surface area (Å²) in [7, 11) is -5.36. The van der Waals surface area contributed by atoms with E-state index >= 15 is 0 Å². The van der Waals surface area contributed by atoms with E-state index in [1.807, 2.05) is 72.7 Å². The standard InChI is InChI=1S/C31H32O4S.C17H20O2.C12H8Cl2O2S.CH4/c1-20-7-11-28(12-8-20)36(32,33)29-13-9-27(10-14-29)35-31-23(4)17-26(18-24(31)5)19-25-15-21(2)30(34-6)22(3)16-25;1-10-5-14(6-11(2)16(10)18)9-15-7-12(3)17(19)13(4)8-15;13-9-1-5-11(6-2-9)17(15,16)12-7-3-10(14)4-8-12;/h7-18H,19H2,1-6H3;5-8,18-19H,9H2,1-4H3;1-8H;1H4. The molecule has 0 saturated carbocycles. The fourth-order valence-electron chi connectivity index (χ4n) is 8.56. The molecule has 0 aliphatic heterocycles. The second-order valence-corrected chi connectivity index (χ2v) is 22.9. The number of ether oxygens (including phenoxy) is 2. The maximum atomic E-state index is 12.9. The van der Waals surface area contributed by atoms with Crippen LogP contribution >= 0.6 is 23.2 Å². The Bertz CT molecular complexity index is 3240. The first-order chi connectivity index (χ1) is 34.0. The Morgan fingerprint density at radius 2 is 0.658 bits per heavy atom. The van der Waals surface area contributed by atoms with Crippen LogP contribution in [0.5, 0.6) is 28.7 Å². The Balaban J connectivity index is 0.000000224. The lowest BCUT2D eigenvalue weighted by molar-refractivity contribution is 0.408. The number of hydrogen-bond donors (Lipinski definition) is 2. The van der Waals surface area contributed by atoms with Gasteiger partial charge in [-0.1, -0.05) is 96.9 Å². The van der Waals surface area contributed by atoms with Crippen molar-refractivity contribution in [2.24, 2.45) is 0 Å². The maximum Gasteiger partial charge on any atom is 0.206 e. The summed E-state index contributed by atoms with van der Waals surface area (Å²) in [6, 6.07) is 42.3. The van der Waals surface area contributed by atoms with Crippen LogP contribution in [0.3, 0.4) is 0 Å². The molecule has 382 valence electrons. The summed E-state index contributed by atoms with van der Waals surface area (Å²) in [6.07, 6.45) is 1.63. The molecule has 2 N–H and O–H groups in total. The highest BCUT2D eigenvalue weighted by Gasteiger charge is 2.19. The molecule has 0 heterocycles. The second kappa shape index (κ2) is 24.4. The van der Waals surface area contributed by atoms with Crippen molar-refractivity contribution in [2.75, 3.05) is 7.11 Å². The van der Waals surface area contributed by atoms with E-state index in [1.54, 1.807) is 79.9 Å². The van der Waals surface area contributed by atoms with Crippen molar-refractivity contribution in [1.29, 1.82) is 0 Å². The Kier molecular flexibility index (Phi) is 19.2. The van der Waals surface area contributed by atoms with Crippen LogP contribution in [0.25, 0.3) is 0 Å². The predicted molar refractivity (Wildman–Crippen MR) is 297 cm³/mol. The number of aryl methyl sites for hydroxylation is 9. The first kappa shape index (κ1) is 57.3. The summed E-state index contributed by atoms with van der Waals surface area (Å²) < 4.78 is 61.9. The highest BCUT2D eigenvalue weighted by atomic mass is 35.5. The molecule has 0 radical (unpaired) electrons. The number of methoxy groups -OCH3 is 1. The van der Waals surface area contributed by atoms with E-state index in [0.717, 1.165) is 74.4 Å². The smallest absolute Gasteiger partial charge is 0.206 e. The van der Waals surface area contributed by atoms with Crippen LogP contribution in [0, 0.1) is 62.3 Å². The summed E-state index contributed by atoms with van der Waals surface area (Å²) in [5.41, 5.74) is 13.8. The molecule has 0 aliphatic rings. The lowest BCUT2D eigenvalue weighted by atomic mass is 9.97. The topological polar surface area (TPSA) is 127 Å². The van der Waals surface area contributed by atoms with Crippen molar-refractivity contribution in [3.63, 3.8) is 0 Å². The molecule has 12 heteroatoms. The minimum Gasteiger partial charge on any atom is -0.507 e. The third-order valence-corrected chi connectivity index (χ3v) is 16.2. The fraction of sp³-hybridized carbons (Fsp3) is 0.213. The van der Waals surface area contributed by atoms with Crippen LogP contribution in [-0.4, -0.2) is 34.2 Å². The number of hydrogen-bond acceptors (Lipinski definition) is 8. The highest BCUT2D eigenvalue weighted by Crippen LogP contribution is 2.34. The Morgan fingerprint density at radius 3 is 0.959 bits per heavy atom. The van der Waals surface area contributed by atoms with Gasteiger partial charge >= 0.3 is 0 Å². The van der Waals surface area contributed by atoms with Gasteiger partial charge in [0.15, 0.2) is 0 Å². The molecule has 8 aromatic carbocycles. The minimum atomic E-state index is -3.57. The first-order valence-electron chi connectivity index (χ1n) is 23.1. The number of benzene rings is 8. The zero-order chi connectivity index (χ0) is 52.7. The molecular formula is C61H64Cl2O8S2. The largest absolute Gasteiger partial charge is 0.507 e. The van der Waals surface area contributed by atoms with Crippen molar-refractivity contribution < 1.29 is 36.5 Å². The number of phenols is 2. The molecule has 73 heavy (non-hydrogen) atoms. The van der Waals surface area contributed by atoms with E-state index in [9.17, 15) is 27.0 Å². The molecule has 0 bridgehead atoms. The SMILES string of the molecule is C.COc1c(C)cc(Cc2cc(C)c(Oc3ccc(S(=O)(=O)c4ccc(C)cc4)cc3)c(C)c2)cc1C.Cc1cc(Cc2cc(C)c(O)c(C)c2)cc(C)c1O.O=S(=O)(c1ccc(Cl)cc1)c1ccc(Cl)cc1. The molecule has 8 aromatic rings. The molecule has 0 fully saturated rings. The van der Waals surface area contributed by atoms with E-state index in [0.29, 0.717) is 27.3 Å². The van der Waals surface area contributed by atoms with Gasteiger partial charge in [-0.15, -0.1) is 0 Å². The van der Waals surface area contributed by atoms with E-state index in [4.69, 9.17) is 32.7 Å². The lowest BCUT2D eigenvalue weighted by Gasteiger charge is -2.15. The molecule has 0 unspecified atom stereocenters. The Morgan fingerprint density at radius 1 is 0.397 bits per heavy atom. The zero-order valence-corrected chi connectivity index (χ0v) is 45.3. The van der Waals surface area contributed by atoms with Gasteiger partial charge in [0, 0.05) is 10.0 Å². The van der Waals surface area contributed by atoms with Gasteiger partial charge < -0.3 is 19.7 Å². The molecular weight excluding hydrogens is 996 g/mol. The van der Waals surface area contributed by atoms with Crippen LogP contribution in [0.2, 0.25) is 10.0 Å². The highest BCUT2D eigenvalue weighted by molar-refractivity contribution is 7.91. The summed E-state index contributed by atoms with van der Waals surface area (Å²) in [5.74, 6) is 3.07. The van der Waals surface area contributed by atoms with Gasteiger partial charge in [0.1, 0.15) is 28.7 Å². The monoisotopic (exact) mass is 1060 g/mol. The van der Waals surface area contributed by atoms with Crippen LogP contribution in [0.4, 0.5) is 0 Å². The van der Waals surface area contributed by atoms with Gasteiger partial charge in [-0.3, -0.25) is 0 Å². The minimum absolute atomic E-state index is 0. The van der Waals surface area contributed by atoms with Gasteiger partial charge in [0.2, 0.25) is 19.7 Å². The molecule has 0 aromatic heterocycles. The van der Waals surface area contributed by atoms with Crippen molar-refractivity contribution in [1.82, 2.24) is 0 Å². The van der Waals surface area contributed by atoms with E-state index in [1.165, 1.54) is 46.5 Å². The van der Waals surface area contributed by atoms with E-state index in [2.05, 4.69) is 38.1 Å². The van der Waals surface area contributed by atoms with Gasteiger partial charge in [-0.05, 0) is 227 Å². The fourth-order valence-corrected chi connectivity index (χ4v) is 11.3. The third-order valence-electron chi connectivity index (χ3n) is 12.1. The van der Waals surface area contributed by atoms with Gasteiger partial charge in [-0.25, -0.2) is 16.8 Å². The van der Waals surface area contributed by atoms with Crippen molar-refractivity contribution in [3.8, 4) is 28.7 Å². The van der Waals surface area contributed by atoms with Crippen molar-refractivity contribution in [2.45, 2.75) is 102 Å². The predicted octanol–water partition coefficient (Wildman–Crippen LogP) is 15.8. The Labute approximate surface area is 442 Å². The Hall–Kier alpha value is -6.56. The van der Waals surface area contributed by atoms with Gasteiger partial charge in [0.05, 0.1) is 26.7 Å². The molecule has 0 saturated heterocycles. The molecule has 0 atom stereocenters. The van der Waals surface area contributed by atoms with E-state index < -0.39 is 19.7 Å². The molecule has 0 spiro atoms. The number of aromatic hydroxyl groups is 2. The van der Waals surface area contributed by atoms with Crippen molar-refractivity contribution >= 4 is 42.9 Å². The molecule has 8 rings (SSSR count). The number of phenolic OH excluding ortho intramolecular Hbond substituents is 2. The summed E-state index contributed by atoms with van der Waals surface area (Å²) >= 11 is 11.4. The second-order valence-electron chi connectivity index (χ2n) is 18.1. The summed E-state index contributed by atoms with van der Waals surface area (Å²) in [6.45, 7) is 17.8. The summed E-state index contributed by atoms with van der Waals surface area (Å²) in [4.78, 5) is 0.951. The normalized spacial score (nSPS) is 11.1. The first-order valence-corrected chi connectivity index (χ1v) is 26.9. The summed E-state index contributed by atoms with van der Waals surface area (Å²) in [5, 5.41) is 20.6. The van der Waals surface area contributed by atoms with Gasteiger partial charge in [0.25, 0.3) is 0 Å². The molecule has 8 nitrogen and oxygen atoms in total. The number of halogens is 2. The zero-order valence-electron chi connectivity index (χ0n) is 42.2. The van der Waals surface area contributed by atoms with Crippen molar-refractivity contribution in [3.05, 3.63) is 228 Å². The van der Waals surface area contributed by atoms with Crippen LogP contribution in [-0.2, 0) is 32.5 Å². The third kappa shape index (κ3) is 14.4. The van der Waals surface area contributed by atoms with Crippen LogP contribution < -0.4 is 9.47 Å². The van der Waals surface area contributed by atoms with Crippen LogP contribution in [0.15, 0.2) is 165 Å². The molecule has 0 amide bonds. The quantitative estimate of drug-likeness (QED) is 0.131. The van der Waals surface area contributed by atoms with Gasteiger partial charge in [-0.2, -0.15) is 0 Å². The average molecular weight is 1060 g/mol. The van der Waals surface area contributed by atoms with E-state index in [-0.39, 0.29) is 27.0 Å². The number of sulfone groups is 2. The molecule has 0 aliphatic carbocycles. The van der Waals surface area contributed by atoms with Crippen LogP contribution in [0.1, 0.15) is 79.8 Å². The average Bonchev–Trinajstić information content (AvgIpc) is 3.32. The number of rotatable bonds is 11. The maximum absolute atomic E-state index is 12.9.